The number of benzene rings is 2. The van der Waals surface area contributed by atoms with E-state index in [9.17, 15) is 14.7 Å². The van der Waals surface area contributed by atoms with E-state index in [1.807, 2.05) is 36.4 Å². The van der Waals surface area contributed by atoms with Gasteiger partial charge in [0.25, 0.3) is 5.91 Å². The lowest BCUT2D eigenvalue weighted by Gasteiger charge is -2.33. The van der Waals surface area contributed by atoms with Gasteiger partial charge in [-0.15, -0.1) is 0 Å². The molecule has 1 fully saturated rings. The zero-order valence-corrected chi connectivity index (χ0v) is 18.5. The van der Waals surface area contributed by atoms with Crippen LogP contribution in [0.2, 0.25) is 5.02 Å². The predicted octanol–water partition coefficient (Wildman–Crippen LogP) is 4.23. The Balaban J connectivity index is 1.70. The van der Waals surface area contributed by atoms with Gasteiger partial charge in [0.15, 0.2) is 0 Å². The molecular weight excluding hydrogens is 484 g/mol. The maximum Gasteiger partial charge on any atom is 0.327 e. The van der Waals surface area contributed by atoms with Crippen LogP contribution in [0.25, 0.3) is 33.2 Å². The number of halogens is 2. The highest BCUT2D eigenvalue weighted by molar-refractivity contribution is 9.10. The number of aromatic nitrogens is 2. The van der Waals surface area contributed by atoms with Crippen LogP contribution in [0.1, 0.15) is 10.4 Å². The van der Waals surface area contributed by atoms with E-state index in [1.165, 1.54) is 4.90 Å². The van der Waals surface area contributed by atoms with Gasteiger partial charge in [0.05, 0.1) is 17.0 Å². The third-order valence-corrected chi connectivity index (χ3v) is 6.34. The number of carbonyl (C=O) groups is 2. The molecule has 1 saturated heterocycles. The van der Waals surface area contributed by atoms with Crippen molar-refractivity contribution in [1.29, 1.82) is 0 Å². The summed E-state index contributed by atoms with van der Waals surface area (Å²) in [5.74, 6) is -1.33. The number of carboxylic acid groups (broad SMARTS) is 1. The molecular formula is C22H18BrClN4O3. The molecule has 1 aliphatic rings. The number of hydrogen-bond donors (Lipinski definition) is 4. The summed E-state index contributed by atoms with van der Waals surface area (Å²) in [6, 6.07) is 12.2. The molecule has 0 aliphatic carbocycles. The third-order valence-electron chi connectivity index (χ3n) is 5.62. The van der Waals surface area contributed by atoms with Crippen molar-refractivity contribution in [3.63, 3.8) is 0 Å². The fourth-order valence-corrected chi connectivity index (χ4v) is 4.69. The highest BCUT2D eigenvalue weighted by atomic mass is 79.9. The molecule has 31 heavy (non-hydrogen) atoms. The molecule has 2 aromatic carbocycles. The minimum absolute atomic E-state index is 0.217. The Morgan fingerprint density at radius 1 is 1.10 bits per heavy atom. The van der Waals surface area contributed by atoms with Gasteiger partial charge in [-0.3, -0.25) is 4.79 Å². The molecule has 0 radical (unpaired) electrons. The van der Waals surface area contributed by atoms with E-state index in [1.54, 1.807) is 6.07 Å². The topological polar surface area (TPSA) is 101 Å². The van der Waals surface area contributed by atoms with Crippen molar-refractivity contribution < 1.29 is 14.7 Å². The van der Waals surface area contributed by atoms with E-state index in [0.717, 1.165) is 32.0 Å². The Bertz CT molecular complexity index is 1350. The Kier molecular flexibility index (Phi) is 5.00. The lowest BCUT2D eigenvalue weighted by atomic mass is 10.0. The van der Waals surface area contributed by atoms with Gasteiger partial charge >= 0.3 is 5.97 Å². The van der Waals surface area contributed by atoms with Gasteiger partial charge in [0.1, 0.15) is 6.04 Å². The van der Waals surface area contributed by atoms with Gasteiger partial charge < -0.3 is 25.3 Å². The molecule has 4 aromatic rings. The number of fused-ring (bicyclic) bond motifs is 2. The molecule has 1 aliphatic heterocycles. The zero-order chi connectivity index (χ0) is 21.7. The molecule has 9 heteroatoms. The van der Waals surface area contributed by atoms with Gasteiger partial charge in [-0.05, 0) is 36.4 Å². The zero-order valence-electron chi connectivity index (χ0n) is 16.2. The summed E-state index contributed by atoms with van der Waals surface area (Å²) in [6.07, 6.45) is 0. The second kappa shape index (κ2) is 7.71. The average Bonchev–Trinajstić information content (AvgIpc) is 3.33. The normalized spacial score (nSPS) is 16.8. The quantitative estimate of drug-likeness (QED) is 0.337. The second-order valence-corrected chi connectivity index (χ2v) is 8.89. The number of rotatable bonds is 3. The van der Waals surface area contributed by atoms with Gasteiger partial charge in [-0.2, -0.15) is 0 Å². The molecule has 0 spiro atoms. The predicted molar refractivity (Wildman–Crippen MR) is 124 cm³/mol. The minimum atomic E-state index is -1.02. The lowest BCUT2D eigenvalue weighted by Crippen LogP contribution is -2.57. The fraction of sp³-hybridized carbons (Fsp3) is 0.182. The SMILES string of the molecule is O=C(O)C1CNCCN1C(=O)c1c(-c2cc3cc(Cl)ccc3[nH]2)[nH]c2cc(Br)ccc12. The summed E-state index contributed by atoms with van der Waals surface area (Å²) < 4.78 is 0.876. The van der Waals surface area contributed by atoms with Crippen LogP contribution in [0.5, 0.6) is 0 Å². The molecule has 2 aromatic heterocycles. The van der Waals surface area contributed by atoms with Crippen molar-refractivity contribution in [2.75, 3.05) is 19.6 Å². The molecule has 3 heterocycles. The minimum Gasteiger partial charge on any atom is -0.480 e. The van der Waals surface area contributed by atoms with Crippen LogP contribution in [0, 0.1) is 0 Å². The van der Waals surface area contributed by atoms with Gasteiger partial charge in [0.2, 0.25) is 0 Å². The molecule has 4 N–H and O–H groups in total. The van der Waals surface area contributed by atoms with Crippen molar-refractivity contribution in [2.24, 2.45) is 0 Å². The molecule has 158 valence electrons. The van der Waals surface area contributed by atoms with E-state index < -0.39 is 12.0 Å². The van der Waals surface area contributed by atoms with Crippen molar-refractivity contribution in [3.05, 3.63) is 57.5 Å². The first-order valence-electron chi connectivity index (χ1n) is 9.77. The first-order chi connectivity index (χ1) is 14.9. The summed E-state index contributed by atoms with van der Waals surface area (Å²) in [6.45, 7) is 1.08. The van der Waals surface area contributed by atoms with Crippen LogP contribution < -0.4 is 5.32 Å². The van der Waals surface area contributed by atoms with Gasteiger partial charge in [-0.1, -0.05) is 33.6 Å². The number of nitrogens with one attached hydrogen (secondary N) is 3. The number of carboxylic acids is 1. The van der Waals surface area contributed by atoms with E-state index >= 15 is 0 Å². The van der Waals surface area contributed by atoms with Gasteiger partial charge in [0, 0.05) is 50.9 Å². The van der Waals surface area contributed by atoms with Crippen LogP contribution in [0.15, 0.2) is 46.9 Å². The summed E-state index contributed by atoms with van der Waals surface area (Å²) in [5.41, 5.74) is 3.48. The number of nitrogens with zero attached hydrogens (tertiary/aromatic N) is 1. The molecule has 1 unspecified atom stereocenters. The van der Waals surface area contributed by atoms with E-state index in [4.69, 9.17) is 11.6 Å². The Morgan fingerprint density at radius 2 is 1.94 bits per heavy atom. The summed E-state index contributed by atoms with van der Waals surface area (Å²) in [4.78, 5) is 33.6. The number of hydrogen-bond acceptors (Lipinski definition) is 3. The van der Waals surface area contributed by atoms with Crippen LogP contribution in [-0.2, 0) is 4.79 Å². The van der Waals surface area contributed by atoms with Crippen molar-refractivity contribution in [1.82, 2.24) is 20.2 Å². The van der Waals surface area contributed by atoms with Crippen LogP contribution in [0.4, 0.5) is 0 Å². The summed E-state index contributed by atoms with van der Waals surface area (Å²) in [7, 11) is 0. The van der Waals surface area contributed by atoms with Crippen LogP contribution >= 0.6 is 27.5 Å². The molecule has 5 rings (SSSR count). The second-order valence-electron chi connectivity index (χ2n) is 7.54. The maximum atomic E-state index is 13.7. The van der Waals surface area contributed by atoms with Crippen LogP contribution in [0.3, 0.4) is 0 Å². The third kappa shape index (κ3) is 3.50. The monoisotopic (exact) mass is 500 g/mol. The first-order valence-corrected chi connectivity index (χ1v) is 10.9. The number of piperazine rings is 1. The Morgan fingerprint density at radius 3 is 2.74 bits per heavy atom. The van der Waals surface area contributed by atoms with E-state index in [2.05, 4.69) is 31.2 Å². The molecule has 0 saturated carbocycles. The largest absolute Gasteiger partial charge is 0.480 e. The maximum absolute atomic E-state index is 13.7. The molecule has 0 bridgehead atoms. The van der Waals surface area contributed by atoms with Gasteiger partial charge in [-0.25, -0.2) is 4.79 Å². The standard InChI is InChI=1S/C22H18BrClN4O3/c23-12-1-3-14-16(9-12)27-20(17-8-11-7-13(24)2-4-15(11)26-17)19(14)21(29)28-6-5-25-10-18(28)22(30)31/h1-4,7-9,18,25-27H,5-6,10H2,(H,30,31). The number of carbonyl (C=O) groups excluding carboxylic acids is 1. The van der Waals surface area contributed by atoms with E-state index in [0.29, 0.717) is 29.4 Å². The lowest BCUT2D eigenvalue weighted by molar-refractivity contribution is -0.142. The molecule has 1 amide bonds. The highest BCUT2D eigenvalue weighted by Gasteiger charge is 2.35. The number of aliphatic carboxylic acids is 1. The summed E-state index contributed by atoms with van der Waals surface area (Å²) in [5, 5.41) is 15.0. The summed E-state index contributed by atoms with van der Waals surface area (Å²) >= 11 is 9.61. The first kappa shape index (κ1) is 20.1. The average molecular weight is 502 g/mol. The Labute approximate surface area is 190 Å². The molecule has 7 nitrogen and oxygen atoms in total. The number of amides is 1. The van der Waals surface area contributed by atoms with Crippen molar-refractivity contribution in [3.8, 4) is 11.4 Å². The highest BCUT2D eigenvalue weighted by Crippen LogP contribution is 2.35. The van der Waals surface area contributed by atoms with E-state index in [-0.39, 0.29) is 12.5 Å². The van der Waals surface area contributed by atoms with Crippen molar-refractivity contribution in [2.45, 2.75) is 6.04 Å². The van der Waals surface area contributed by atoms with Crippen molar-refractivity contribution >= 4 is 61.2 Å². The smallest absolute Gasteiger partial charge is 0.327 e. The van der Waals surface area contributed by atoms with Crippen LogP contribution in [-0.4, -0.2) is 57.5 Å². The molecule has 1 atom stereocenters. The number of H-pyrrole nitrogens is 2. The fourth-order valence-electron chi connectivity index (χ4n) is 4.14. The Hall–Kier alpha value is -2.81. The number of aromatic amines is 2.